The standard InChI is InChI=1S/C33H51NO6/c1-7-21(3)33(37)40-30-15-20(2)14-24-10-8-22(4)27(32(24)30)12-11-25-17-26(35)18-31(36)34(25)19-23-9-13-28(38-5)29(16-23)39-6/h9,13,16,20-22,24-27,30,32,35H,7-8,10-12,14-15,17-19H2,1-6H3/t20-,21-,22-,24-,25-,26+,27-,30-,32-/m0/s1. The van der Waals surface area contributed by atoms with E-state index in [0.29, 0.717) is 54.1 Å². The zero-order valence-corrected chi connectivity index (χ0v) is 25.4. The Kier molecular flexibility index (Phi) is 10.4. The van der Waals surface area contributed by atoms with Crippen molar-refractivity contribution in [3.63, 3.8) is 0 Å². The number of benzene rings is 1. The quantitative estimate of drug-likeness (QED) is 0.355. The summed E-state index contributed by atoms with van der Waals surface area (Å²) in [5.74, 6) is 3.68. The van der Waals surface area contributed by atoms with E-state index in [1.165, 1.54) is 19.3 Å². The zero-order chi connectivity index (χ0) is 29.0. The molecule has 0 spiro atoms. The fraction of sp³-hybridized carbons (Fsp3) is 0.758. The predicted octanol–water partition coefficient (Wildman–Crippen LogP) is 6.00. The van der Waals surface area contributed by atoms with Gasteiger partial charge in [0.15, 0.2) is 11.5 Å². The van der Waals surface area contributed by atoms with Crippen molar-refractivity contribution in [3.8, 4) is 11.5 Å². The van der Waals surface area contributed by atoms with E-state index >= 15 is 0 Å². The van der Waals surface area contributed by atoms with Crippen molar-refractivity contribution in [2.24, 2.45) is 35.5 Å². The summed E-state index contributed by atoms with van der Waals surface area (Å²) in [6.07, 6.45) is 7.30. The monoisotopic (exact) mass is 557 g/mol. The summed E-state index contributed by atoms with van der Waals surface area (Å²) in [4.78, 5) is 28.0. The Bertz CT molecular complexity index is 1010. The van der Waals surface area contributed by atoms with Crippen LogP contribution in [0.3, 0.4) is 0 Å². The molecule has 1 heterocycles. The Morgan fingerprint density at radius 2 is 1.82 bits per heavy atom. The minimum absolute atomic E-state index is 0.0000417. The third-order valence-corrected chi connectivity index (χ3v) is 10.2. The first-order valence-corrected chi connectivity index (χ1v) is 15.5. The lowest BCUT2D eigenvalue weighted by molar-refractivity contribution is -0.167. The van der Waals surface area contributed by atoms with E-state index in [1.54, 1.807) is 14.2 Å². The number of aliphatic hydroxyl groups is 1. The Hall–Kier alpha value is -2.28. The lowest BCUT2D eigenvalue weighted by Crippen LogP contribution is -2.50. The molecule has 2 aliphatic carbocycles. The van der Waals surface area contributed by atoms with Crippen LogP contribution < -0.4 is 9.47 Å². The first kappa shape index (κ1) is 30.7. The number of carbonyl (C=O) groups is 2. The average molecular weight is 558 g/mol. The molecular weight excluding hydrogens is 506 g/mol. The van der Waals surface area contributed by atoms with Crippen LogP contribution in [-0.4, -0.2) is 54.4 Å². The van der Waals surface area contributed by atoms with Crippen LogP contribution >= 0.6 is 0 Å². The molecule has 0 aromatic heterocycles. The molecule has 1 N–H and O–H groups in total. The van der Waals surface area contributed by atoms with Crippen LogP contribution in [0.4, 0.5) is 0 Å². The van der Waals surface area contributed by atoms with Gasteiger partial charge in [0.05, 0.1) is 32.7 Å². The SMILES string of the molecule is CC[C@H](C)C(=O)O[C@H]1C[C@@H](C)C[C@@H]2CC[C@H](C)[C@H](CC[C@H]3C[C@@H](O)CC(=O)N3Cc3ccc(OC)c(OC)c3)[C@H]21. The Morgan fingerprint density at radius 1 is 1.07 bits per heavy atom. The maximum absolute atomic E-state index is 13.2. The van der Waals surface area contributed by atoms with E-state index in [2.05, 4.69) is 13.8 Å². The molecule has 4 rings (SSSR count). The van der Waals surface area contributed by atoms with Gasteiger partial charge in [-0.1, -0.05) is 40.2 Å². The number of amides is 1. The number of ether oxygens (including phenoxy) is 3. The molecule has 9 atom stereocenters. The van der Waals surface area contributed by atoms with Gasteiger partial charge in [-0.05, 0) is 86.3 Å². The van der Waals surface area contributed by atoms with Crippen LogP contribution in [0.2, 0.25) is 0 Å². The third-order valence-electron chi connectivity index (χ3n) is 10.2. The van der Waals surface area contributed by atoms with Gasteiger partial charge in [-0.3, -0.25) is 9.59 Å². The van der Waals surface area contributed by atoms with Gasteiger partial charge in [-0.25, -0.2) is 0 Å². The van der Waals surface area contributed by atoms with Crippen LogP contribution in [0, 0.1) is 35.5 Å². The number of aliphatic hydroxyl groups excluding tert-OH is 1. The molecule has 1 aromatic carbocycles. The number of fused-ring (bicyclic) bond motifs is 1. The maximum Gasteiger partial charge on any atom is 0.308 e. The van der Waals surface area contributed by atoms with E-state index in [4.69, 9.17) is 14.2 Å². The van der Waals surface area contributed by atoms with Gasteiger partial charge >= 0.3 is 5.97 Å². The Morgan fingerprint density at radius 3 is 2.52 bits per heavy atom. The van der Waals surface area contributed by atoms with Crippen molar-refractivity contribution in [2.75, 3.05) is 14.2 Å². The second-order valence-corrected chi connectivity index (χ2v) is 13.0. The van der Waals surface area contributed by atoms with Crippen LogP contribution in [-0.2, 0) is 20.9 Å². The molecule has 7 nitrogen and oxygen atoms in total. The fourth-order valence-corrected chi connectivity index (χ4v) is 7.77. The average Bonchev–Trinajstić information content (AvgIpc) is 2.93. The van der Waals surface area contributed by atoms with Crippen LogP contribution in [0.5, 0.6) is 11.5 Å². The molecule has 2 saturated carbocycles. The molecule has 0 unspecified atom stereocenters. The molecule has 7 heteroatoms. The second kappa shape index (κ2) is 13.6. The summed E-state index contributed by atoms with van der Waals surface area (Å²) in [6.45, 7) is 9.14. The Labute approximate surface area is 240 Å². The largest absolute Gasteiger partial charge is 0.493 e. The smallest absolute Gasteiger partial charge is 0.308 e. The number of carbonyl (C=O) groups excluding carboxylic acids is 2. The molecule has 1 saturated heterocycles. The van der Waals surface area contributed by atoms with Gasteiger partial charge in [-0.2, -0.15) is 0 Å². The molecule has 1 amide bonds. The summed E-state index contributed by atoms with van der Waals surface area (Å²) in [6, 6.07) is 5.76. The van der Waals surface area contributed by atoms with E-state index in [0.717, 1.165) is 31.2 Å². The van der Waals surface area contributed by atoms with E-state index in [-0.39, 0.29) is 36.4 Å². The highest BCUT2D eigenvalue weighted by Gasteiger charge is 2.47. The number of hydrogen-bond acceptors (Lipinski definition) is 6. The summed E-state index contributed by atoms with van der Waals surface area (Å²) in [5.41, 5.74) is 0.983. The first-order chi connectivity index (χ1) is 19.1. The molecule has 0 bridgehead atoms. The highest BCUT2D eigenvalue weighted by atomic mass is 16.5. The molecule has 3 aliphatic rings. The summed E-state index contributed by atoms with van der Waals surface area (Å²) in [5, 5.41) is 10.6. The first-order valence-electron chi connectivity index (χ1n) is 15.5. The molecule has 224 valence electrons. The molecule has 0 radical (unpaired) electrons. The molecule has 40 heavy (non-hydrogen) atoms. The molecule has 3 fully saturated rings. The van der Waals surface area contributed by atoms with E-state index < -0.39 is 6.10 Å². The Balaban J connectivity index is 1.51. The topological polar surface area (TPSA) is 85.3 Å². The second-order valence-electron chi connectivity index (χ2n) is 13.0. The van der Waals surface area contributed by atoms with Gasteiger partial charge in [-0.15, -0.1) is 0 Å². The van der Waals surface area contributed by atoms with Crippen LogP contribution in [0.1, 0.15) is 91.0 Å². The van der Waals surface area contributed by atoms with Crippen LogP contribution in [0.25, 0.3) is 0 Å². The van der Waals surface area contributed by atoms with Gasteiger partial charge in [0, 0.05) is 18.5 Å². The maximum atomic E-state index is 13.2. The van der Waals surface area contributed by atoms with Gasteiger partial charge < -0.3 is 24.2 Å². The number of piperidine rings is 1. The summed E-state index contributed by atoms with van der Waals surface area (Å²) >= 11 is 0. The van der Waals surface area contributed by atoms with E-state index in [1.807, 2.05) is 36.9 Å². The lowest BCUT2D eigenvalue weighted by atomic mass is 9.58. The number of methoxy groups -OCH3 is 2. The molecular formula is C33H51NO6. The zero-order valence-electron chi connectivity index (χ0n) is 25.4. The van der Waals surface area contributed by atoms with Gasteiger partial charge in [0.2, 0.25) is 5.91 Å². The highest BCUT2D eigenvalue weighted by Crippen LogP contribution is 2.51. The van der Waals surface area contributed by atoms with Crippen molar-refractivity contribution in [1.29, 1.82) is 0 Å². The van der Waals surface area contributed by atoms with Crippen molar-refractivity contribution in [2.45, 2.75) is 110 Å². The number of likely N-dealkylation sites (tertiary alicyclic amines) is 1. The number of esters is 1. The van der Waals surface area contributed by atoms with Crippen molar-refractivity contribution in [3.05, 3.63) is 23.8 Å². The fourth-order valence-electron chi connectivity index (χ4n) is 7.77. The summed E-state index contributed by atoms with van der Waals surface area (Å²) in [7, 11) is 3.23. The van der Waals surface area contributed by atoms with Gasteiger partial charge in [0.25, 0.3) is 0 Å². The lowest BCUT2D eigenvalue weighted by Gasteiger charge is -2.50. The van der Waals surface area contributed by atoms with Crippen LogP contribution in [0.15, 0.2) is 18.2 Å². The molecule has 1 aromatic rings. The predicted molar refractivity (Wildman–Crippen MR) is 155 cm³/mol. The molecule has 1 aliphatic heterocycles. The minimum Gasteiger partial charge on any atom is -0.493 e. The normalized spacial score (nSPS) is 33.2. The number of hydrogen-bond donors (Lipinski definition) is 1. The van der Waals surface area contributed by atoms with Crippen molar-refractivity contribution < 1.29 is 28.9 Å². The highest BCUT2D eigenvalue weighted by molar-refractivity contribution is 5.78. The minimum atomic E-state index is -0.601. The van der Waals surface area contributed by atoms with Crippen molar-refractivity contribution >= 4 is 11.9 Å². The number of rotatable bonds is 10. The number of nitrogens with zero attached hydrogens (tertiary/aromatic N) is 1. The summed E-state index contributed by atoms with van der Waals surface area (Å²) < 4.78 is 17.1. The van der Waals surface area contributed by atoms with E-state index in [9.17, 15) is 14.7 Å². The van der Waals surface area contributed by atoms with Crippen molar-refractivity contribution in [1.82, 2.24) is 4.90 Å². The third kappa shape index (κ3) is 6.95. The van der Waals surface area contributed by atoms with Gasteiger partial charge in [0.1, 0.15) is 6.10 Å².